The van der Waals surface area contributed by atoms with E-state index in [4.69, 9.17) is 0 Å². The summed E-state index contributed by atoms with van der Waals surface area (Å²) in [4.78, 5) is 0. The van der Waals surface area contributed by atoms with Crippen molar-refractivity contribution in [2.75, 3.05) is 0 Å². The number of hydrogen-bond donors (Lipinski definition) is 0. The summed E-state index contributed by atoms with van der Waals surface area (Å²) >= 11 is 0. The Kier molecular flexibility index (Phi) is 1.25. The Morgan fingerprint density at radius 3 is 2.14 bits per heavy atom. The van der Waals surface area contributed by atoms with Gasteiger partial charge in [0, 0.05) is 0 Å². The molecule has 0 amide bonds. The maximum absolute atomic E-state index is 12.0. The van der Waals surface area contributed by atoms with Crippen molar-refractivity contribution >= 4 is 0 Å². The first-order valence-corrected chi connectivity index (χ1v) is 2.37. The van der Waals surface area contributed by atoms with Crippen LogP contribution in [0.4, 0.5) is 4.39 Å². The fraction of sp³-hybridized carbons (Fsp3) is 0.333. The van der Waals surface area contributed by atoms with Gasteiger partial charge in [-0.25, -0.2) is 4.39 Å². The lowest BCUT2D eigenvalue weighted by Crippen LogP contribution is -1.90. The van der Waals surface area contributed by atoms with Gasteiger partial charge >= 0.3 is 0 Å². The van der Waals surface area contributed by atoms with Gasteiger partial charge in [-0.2, -0.15) is 0 Å². The minimum Gasteiger partial charge on any atom is -0.238 e. The summed E-state index contributed by atoms with van der Waals surface area (Å²) in [5.74, 6) is 0. The molecule has 0 nitrogen and oxygen atoms in total. The first kappa shape index (κ1) is 4.57. The van der Waals surface area contributed by atoms with E-state index in [0.29, 0.717) is 0 Å². The third-order valence-corrected chi connectivity index (χ3v) is 0.912. The smallest absolute Gasteiger partial charge is 0.136 e. The second-order valence-electron chi connectivity index (χ2n) is 1.54. The van der Waals surface area contributed by atoms with Crippen molar-refractivity contribution in [2.24, 2.45) is 0 Å². The molecule has 0 aromatic carbocycles. The largest absolute Gasteiger partial charge is 0.238 e. The van der Waals surface area contributed by atoms with Gasteiger partial charge in [0.1, 0.15) is 6.17 Å². The van der Waals surface area contributed by atoms with Crippen LogP contribution in [0.2, 0.25) is 0 Å². The Morgan fingerprint density at radius 1 is 1.29 bits per heavy atom. The van der Waals surface area contributed by atoms with Crippen molar-refractivity contribution in [1.29, 1.82) is 0 Å². The molecule has 0 fully saturated rings. The van der Waals surface area contributed by atoms with E-state index in [0.717, 1.165) is 6.42 Å². The van der Waals surface area contributed by atoms with Gasteiger partial charge in [-0.15, -0.1) is 0 Å². The van der Waals surface area contributed by atoms with Gasteiger partial charge in [-0.3, -0.25) is 0 Å². The molecule has 1 rings (SSSR count). The van der Waals surface area contributed by atoms with Crippen LogP contribution < -0.4 is 0 Å². The molecule has 0 atom stereocenters. The Hall–Kier alpha value is -0.590. The first-order valence-electron chi connectivity index (χ1n) is 2.37. The van der Waals surface area contributed by atoms with E-state index in [9.17, 15) is 4.39 Å². The van der Waals surface area contributed by atoms with Crippen LogP contribution in [-0.4, -0.2) is 6.17 Å². The lowest BCUT2D eigenvalue weighted by atomic mass is 10.2. The van der Waals surface area contributed by atoms with E-state index < -0.39 is 6.17 Å². The Bertz CT molecular complexity index is 90.7. The van der Waals surface area contributed by atoms with E-state index >= 15 is 0 Å². The number of alkyl halides is 1. The van der Waals surface area contributed by atoms with Crippen LogP contribution in [0.3, 0.4) is 0 Å². The summed E-state index contributed by atoms with van der Waals surface area (Å²) in [6, 6.07) is 0. The highest BCUT2D eigenvalue weighted by atomic mass is 19.1. The van der Waals surface area contributed by atoms with Gasteiger partial charge in [-0.05, 0) is 6.42 Å². The van der Waals surface area contributed by atoms with Crippen molar-refractivity contribution in [3.05, 3.63) is 24.3 Å². The number of hydrogen-bond acceptors (Lipinski definition) is 0. The maximum Gasteiger partial charge on any atom is 0.136 e. The molecule has 0 radical (unpaired) electrons. The van der Waals surface area contributed by atoms with Gasteiger partial charge < -0.3 is 0 Å². The summed E-state index contributed by atoms with van der Waals surface area (Å²) in [5, 5.41) is 0. The normalized spacial score (nSPS) is 20.7. The minimum absolute atomic E-state index is 0.825. The predicted octanol–water partition coefficient (Wildman–Crippen LogP) is 1.84. The third-order valence-electron chi connectivity index (χ3n) is 0.912. The molecular weight excluding hydrogens is 91.1 g/mol. The summed E-state index contributed by atoms with van der Waals surface area (Å²) < 4.78 is 12.0. The van der Waals surface area contributed by atoms with Gasteiger partial charge in [-0.1, -0.05) is 24.3 Å². The van der Waals surface area contributed by atoms with Gasteiger partial charge in [0.15, 0.2) is 0 Å². The van der Waals surface area contributed by atoms with E-state index in [1.807, 2.05) is 12.2 Å². The van der Waals surface area contributed by atoms with Crippen molar-refractivity contribution in [1.82, 2.24) is 0 Å². The first-order chi connectivity index (χ1) is 3.39. The molecule has 0 N–H and O–H groups in total. The molecule has 0 unspecified atom stereocenters. The lowest BCUT2D eigenvalue weighted by Gasteiger charge is -1.96. The summed E-state index contributed by atoms with van der Waals surface area (Å²) in [7, 11) is 0. The third kappa shape index (κ3) is 1.15. The zero-order chi connectivity index (χ0) is 5.11. The molecule has 1 aliphatic carbocycles. The molecule has 0 saturated carbocycles. The monoisotopic (exact) mass is 98.1 g/mol. The second-order valence-corrected chi connectivity index (χ2v) is 1.54. The molecule has 7 heavy (non-hydrogen) atoms. The van der Waals surface area contributed by atoms with E-state index in [2.05, 4.69) is 0 Å². The second kappa shape index (κ2) is 1.92. The topological polar surface area (TPSA) is 0 Å². The molecule has 1 heteroatoms. The molecule has 38 valence electrons. The summed E-state index contributed by atoms with van der Waals surface area (Å²) in [6.45, 7) is 0. The highest BCUT2D eigenvalue weighted by molar-refractivity contribution is 5.09. The van der Waals surface area contributed by atoms with Crippen LogP contribution in [0.1, 0.15) is 6.42 Å². The Labute approximate surface area is 42.3 Å². The number of rotatable bonds is 0. The van der Waals surface area contributed by atoms with Crippen molar-refractivity contribution in [3.63, 3.8) is 0 Å². The highest BCUT2D eigenvalue weighted by Crippen LogP contribution is 2.03. The maximum atomic E-state index is 12.0. The van der Waals surface area contributed by atoms with E-state index in [-0.39, 0.29) is 0 Å². The molecule has 0 aromatic heterocycles. The van der Waals surface area contributed by atoms with Crippen LogP contribution in [0.15, 0.2) is 24.3 Å². The number of allylic oxidation sites excluding steroid dienone is 4. The van der Waals surface area contributed by atoms with Gasteiger partial charge in [0.2, 0.25) is 0 Å². The van der Waals surface area contributed by atoms with Crippen LogP contribution >= 0.6 is 0 Å². The Balaban J connectivity index is 2.49. The fourth-order valence-electron chi connectivity index (χ4n) is 0.560. The fourth-order valence-corrected chi connectivity index (χ4v) is 0.560. The minimum atomic E-state index is -0.825. The predicted molar refractivity (Wildman–Crippen MR) is 27.8 cm³/mol. The van der Waals surface area contributed by atoms with Crippen LogP contribution in [-0.2, 0) is 0 Å². The average molecular weight is 98.1 g/mol. The molecule has 0 bridgehead atoms. The van der Waals surface area contributed by atoms with Crippen LogP contribution in [0.25, 0.3) is 0 Å². The molecule has 0 aliphatic heterocycles. The van der Waals surface area contributed by atoms with Crippen LogP contribution in [0, 0.1) is 0 Å². The molecular formula is C6H7F. The number of halogens is 1. The zero-order valence-corrected chi connectivity index (χ0v) is 3.97. The quantitative estimate of drug-likeness (QED) is 0.405. The summed E-state index contributed by atoms with van der Waals surface area (Å²) in [6.07, 6.45) is 6.82. The lowest BCUT2D eigenvalue weighted by molar-refractivity contribution is 0.465. The van der Waals surface area contributed by atoms with E-state index in [1.54, 1.807) is 12.2 Å². The van der Waals surface area contributed by atoms with Crippen LogP contribution in [0.5, 0.6) is 0 Å². The van der Waals surface area contributed by atoms with Crippen molar-refractivity contribution in [2.45, 2.75) is 12.6 Å². The standard InChI is InChI=1S/C6H7F/c7-6-4-2-1-3-5-6/h2-6H,1H2. The molecule has 0 saturated heterocycles. The zero-order valence-electron chi connectivity index (χ0n) is 3.97. The van der Waals surface area contributed by atoms with Crippen molar-refractivity contribution < 1.29 is 4.39 Å². The molecule has 0 aromatic rings. The van der Waals surface area contributed by atoms with Gasteiger partial charge in [0.25, 0.3) is 0 Å². The average Bonchev–Trinajstić information content (AvgIpc) is 1.69. The highest BCUT2D eigenvalue weighted by Gasteiger charge is 1.94. The van der Waals surface area contributed by atoms with Gasteiger partial charge in [0.05, 0.1) is 0 Å². The van der Waals surface area contributed by atoms with Crippen molar-refractivity contribution in [3.8, 4) is 0 Å². The Morgan fingerprint density at radius 2 is 1.86 bits per heavy atom. The molecule has 0 heterocycles. The molecule has 1 aliphatic rings. The molecule has 0 spiro atoms. The van der Waals surface area contributed by atoms with E-state index in [1.165, 1.54) is 0 Å². The summed E-state index contributed by atoms with van der Waals surface area (Å²) in [5.41, 5.74) is 0. The SMILES string of the molecule is FC1C=CCC=C1.